The number of hydrogen-bond acceptors (Lipinski definition) is 5. The molecule has 4 rings (SSSR count). The molecule has 1 amide bonds. The molecule has 2 aromatic carbocycles. The van der Waals surface area contributed by atoms with E-state index < -0.39 is 0 Å². The van der Waals surface area contributed by atoms with E-state index in [9.17, 15) is 4.79 Å². The smallest absolute Gasteiger partial charge is 0.257 e. The summed E-state index contributed by atoms with van der Waals surface area (Å²) in [6, 6.07) is 11.5. The van der Waals surface area contributed by atoms with Crippen LogP contribution in [-0.2, 0) is 6.42 Å². The van der Waals surface area contributed by atoms with Crippen LogP contribution in [-0.4, -0.2) is 51.8 Å². The van der Waals surface area contributed by atoms with Gasteiger partial charge in [-0.3, -0.25) is 4.79 Å². The number of carbonyl (C=O) groups excluding carboxylic acids is 1. The third-order valence-corrected chi connectivity index (χ3v) is 5.35. The number of benzene rings is 2. The van der Waals surface area contributed by atoms with Gasteiger partial charge < -0.3 is 23.8 Å². The summed E-state index contributed by atoms with van der Waals surface area (Å²) in [5.41, 5.74) is 1.68. The van der Waals surface area contributed by atoms with Gasteiger partial charge in [-0.1, -0.05) is 18.2 Å². The molecular formula is C21H23NO5. The van der Waals surface area contributed by atoms with Gasteiger partial charge in [0.25, 0.3) is 5.91 Å². The van der Waals surface area contributed by atoms with Gasteiger partial charge in [-0.05, 0) is 18.1 Å². The molecule has 27 heavy (non-hydrogen) atoms. The minimum Gasteiger partial charge on any atom is -0.496 e. The molecule has 0 unspecified atom stereocenters. The zero-order valence-corrected chi connectivity index (χ0v) is 15.8. The van der Waals surface area contributed by atoms with Crippen molar-refractivity contribution < 1.29 is 23.7 Å². The first kappa shape index (κ1) is 17.5. The van der Waals surface area contributed by atoms with Crippen LogP contribution < -0.4 is 18.9 Å². The first-order chi connectivity index (χ1) is 13.1. The fourth-order valence-corrected chi connectivity index (χ4v) is 3.95. The lowest BCUT2D eigenvalue weighted by atomic mass is 9.73. The van der Waals surface area contributed by atoms with Gasteiger partial charge in [0.15, 0.2) is 11.5 Å². The van der Waals surface area contributed by atoms with Crippen molar-refractivity contribution in [2.24, 2.45) is 5.41 Å². The van der Waals surface area contributed by atoms with Crippen LogP contribution >= 0.6 is 0 Å². The van der Waals surface area contributed by atoms with Crippen LogP contribution in [0.4, 0.5) is 0 Å². The Hall–Kier alpha value is -2.89. The molecule has 142 valence electrons. The summed E-state index contributed by atoms with van der Waals surface area (Å²) in [5, 5.41) is 0. The van der Waals surface area contributed by atoms with Gasteiger partial charge in [0.1, 0.15) is 11.5 Å². The summed E-state index contributed by atoms with van der Waals surface area (Å²) in [7, 11) is 4.65. The quantitative estimate of drug-likeness (QED) is 0.830. The van der Waals surface area contributed by atoms with Crippen molar-refractivity contribution in [3.63, 3.8) is 0 Å². The third kappa shape index (κ3) is 2.95. The topological polar surface area (TPSA) is 57.2 Å². The highest BCUT2D eigenvalue weighted by molar-refractivity contribution is 5.98. The SMILES string of the molecule is COc1cc(OC)c(C(=O)N2CC3(COc4ccccc4C3)C2)cc1OC. The Kier molecular flexibility index (Phi) is 4.34. The van der Waals surface area contributed by atoms with Crippen molar-refractivity contribution >= 4 is 5.91 Å². The molecule has 1 spiro atoms. The molecule has 0 bridgehead atoms. The predicted octanol–water partition coefficient (Wildman–Crippen LogP) is 2.79. The zero-order valence-electron chi connectivity index (χ0n) is 15.8. The number of hydrogen-bond donors (Lipinski definition) is 0. The van der Waals surface area contributed by atoms with Gasteiger partial charge >= 0.3 is 0 Å². The van der Waals surface area contributed by atoms with E-state index in [2.05, 4.69) is 6.07 Å². The standard InChI is InChI=1S/C21H23NO5/c1-24-17-9-19(26-3)18(25-2)8-15(17)20(23)22-11-21(12-22)10-14-6-4-5-7-16(14)27-13-21/h4-9H,10-13H2,1-3H3. The van der Waals surface area contributed by atoms with Gasteiger partial charge in [0.2, 0.25) is 0 Å². The zero-order chi connectivity index (χ0) is 19.0. The van der Waals surface area contributed by atoms with Crippen LogP contribution in [0.5, 0.6) is 23.0 Å². The van der Waals surface area contributed by atoms with E-state index in [1.54, 1.807) is 33.5 Å². The van der Waals surface area contributed by atoms with Crippen LogP contribution in [0.3, 0.4) is 0 Å². The molecule has 6 nitrogen and oxygen atoms in total. The van der Waals surface area contributed by atoms with E-state index in [1.165, 1.54) is 5.56 Å². The van der Waals surface area contributed by atoms with Crippen molar-refractivity contribution in [2.75, 3.05) is 41.0 Å². The van der Waals surface area contributed by atoms with Crippen LogP contribution in [0.15, 0.2) is 36.4 Å². The molecule has 1 fully saturated rings. The Labute approximate surface area is 158 Å². The number of carbonyl (C=O) groups is 1. The normalized spacial score (nSPS) is 16.8. The molecule has 2 aliphatic heterocycles. The number of nitrogens with zero attached hydrogens (tertiary/aromatic N) is 1. The van der Waals surface area contributed by atoms with Gasteiger partial charge in [0.05, 0.1) is 33.5 Å². The fourth-order valence-electron chi connectivity index (χ4n) is 3.95. The number of para-hydroxylation sites is 1. The van der Waals surface area contributed by atoms with E-state index in [0.717, 1.165) is 12.2 Å². The van der Waals surface area contributed by atoms with Crippen molar-refractivity contribution in [1.29, 1.82) is 0 Å². The molecule has 2 heterocycles. The average molecular weight is 369 g/mol. The summed E-state index contributed by atoms with van der Waals surface area (Å²) in [6.07, 6.45) is 0.927. The minimum absolute atomic E-state index is 0.00615. The largest absolute Gasteiger partial charge is 0.496 e. The maximum Gasteiger partial charge on any atom is 0.257 e. The van der Waals surface area contributed by atoms with Crippen LogP contribution in [0.25, 0.3) is 0 Å². The van der Waals surface area contributed by atoms with E-state index in [1.807, 2.05) is 23.1 Å². The minimum atomic E-state index is -0.0720. The Morgan fingerprint density at radius 1 is 1.00 bits per heavy atom. The van der Waals surface area contributed by atoms with Gasteiger partial charge in [0, 0.05) is 30.6 Å². The average Bonchev–Trinajstić information content (AvgIpc) is 2.69. The van der Waals surface area contributed by atoms with Crippen molar-refractivity contribution in [3.8, 4) is 23.0 Å². The lowest BCUT2D eigenvalue weighted by Crippen LogP contribution is -2.62. The molecule has 0 saturated carbocycles. The molecule has 2 aliphatic rings. The van der Waals surface area contributed by atoms with E-state index in [4.69, 9.17) is 18.9 Å². The van der Waals surface area contributed by atoms with E-state index in [0.29, 0.717) is 42.5 Å². The number of ether oxygens (including phenoxy) is 4. The molecular weight excluding hydrogens is 346 g/mol. The van der Waals surface area contributed by atoms with Crippen molar-refractivity contribution in [3.05, 3.63) is 47.5 Å². The van der Waals surface area contributed by atoms with E-state index in [-0.39, 0.29) is 11.3 Å². The second-order valence-electron chi connectivity index (χ2n) is 7.14. The molecule has 6 heteroatoms. The number of amides is 1. The maximum absolute atomic E-state index is 13.1. The molecule has 0 N–H and O–H groups in total. The number of rotatable bonds is 4. The maximum atomic E-state index is 13.1. The molecule has 2 aromatic rings. The molecule has 0 atom stereocenters. The Morgan fingerprint density at radius 3 is 2.37 bits per heavy atom. The fraction of sp³-hybridized carbons (Fsp3) is 0.381. The van der Waals surface area contributed by atoms with Gasteiger partial charge in [-0.25, -0.2) is 0 Å². The monoisotopic (exact) mass is 369 g/mol. The Bertz CT molecular complexity index is 873. The number of methoxy groups -OCH3 is 3. The summed E-state index contributed by atoms with van der Waals surface area (Å²) < 4.78 is 22.0. The highest BCUT2D eigenvalue weighted by Crippen LogP contribution is 2.43. The Morgan fingerprint density at radius 2 is 1.67 bits per heavy atom. The predicted molar refractivity (Wildman–Crippen MR) is 100 cm³/mol. The second kappa shape index (κ2) is 6.68. The van der Waals surface area contributed by atoms with E-state index >= 15 is 0 Å². The lowest BCUT2D eigenvalue weighted by Gasteiger charge is -2.51. The summed E-state index contributed by atoms with van der Waals surface area (Å²) in [4.78, 5) is 14.9. The van der Waals surface area contributed by atoms with Crippen LogP contribution in [0.2, 0.25) is 0 Å². The lowest BCUT2D eigenvalue weighted by molar-refractivity contribution is -0.0292. The number of likely N-dealkylation sites (tertiary alicyclic amines) is 1. The molecule has 0 aliphatic carbocycles. The van der Waals surface area contributed by atoms with Crippen LogP contribution in [0.1, 0.15) is 15.9 Å². The first-order valence-corrected chi connectivity index (χ1v) is 8.89. The van der Waals surface area contributed by atoms with Crippen molar-refractivity contribution in [2.45, 2.75) is 6.42 Å². The summed E-state index contributed by atoms with van der Waals surface area (Å²) in [6.45, 7) is 1.96. The highest BCUT2D eigenvalue weighted by Gasteiger charge is 2.48. The number of fused-ring (bicyclic) bond motifs is 1. The van der Waals surface area contributed by atoms with Crippen molar-refractivity contribution in [1.82, 2.24) is 4.90 Å². The molecule has 0 radical (unpaired) electrons. The second-order valence-corrected chi connectivity index (χ2v) is 7.14. The first-order valence-electron chi connectivity index (χ1n) is 8.89. The molecule has 1 saturated heterocycles. The Balaban J connectivity index is 1.53. The summed E-state index contributed by atoms with van der Waals surface area (Å²) >= 11 is 0. The highest BCUT2D eigenvalue weighted by atomic mass is 16.5. The molecule has 0 aromatic heterocycles. The summed E-state index contributed by atoms with van der Waals surface area (Å²) in [5.74, 6) is 2.39. The van der Waals surface area contributed by atoms with Crippen LogP contribution in [0, 0.1) is 5.41 Å². The van der Waals surface area contributed by atoms with Gasteiger partial charge in [-0.15, -0.1) is 0 Å². The van der Waals surface area contributed by atoms with Gasteiger partial charge in [-0.2, -0.15) is 0 Å². The third-order valence-electron chi connectivity index (χ3n) is 5.35.